The van der Waals surface area contributed by atoms with Gasteiger partial charge in [-0.15, -0.1) is 0 Å². The molecule has 1 aromatic carbocycles. The quantitative estimate of drug-likeness (QED) is 0.646. The number of benzene rings is 1. The zero-order chi connectivity index (χ0) is 10.3. The Labute approximate surface area is 80.1 Å². The van der Waals surface area contributed by atoms with Crippen LogP contribution in [0.3, 0.4) is 0 Å². The molecule has 0 saturated carbocycles. The van der Waals surface area contributed by atoms with Gasteiger partial charge < -0.3 is 15.5 Å². The Bertz CT molecular complexity index is 539. The highest BCUT2D eigenvalue weighted by Crippen LogP contribution is 2.25. The fourth-order valence-corrected chi connectivity index (χ4v) is 1.45. The molecule has 0 fully saturated rings. The summed E-state index contributed by atoms with van der Waals surface area (Å²) in [6.45, 7) is 0. The highest BCUT2D eigenvalue weighted by Gasteiger charge is 2.07. The van der Waals surface area contributed by atoms with Gasteiger partial charge in [-0.2, -0.15) is 0 Å². The topological polar surface area (TPSA) is 73.0 Å². The Morgan fingerprint density at radius 2 is 2.21 bits per heavy atom. The van der Waals surface area contributed by atoms with E-state index in [4.69, 9.17) is 10.5 Å². The molecule has 74 valence electrons. The van der Waals surface area contributed by atoms with E-state index in [1.54, 1.807) is 26.3 Å². The summed E-state index contributed by atoms with van der Waals surface area (Å²) in [6.07, 6.45) is 0. The van der Waals surface area contributed by atoms with Crippen LogP contribution in [0, 0.1) is 0 Å². The number of anilines is 1. The summed E-state index contributed by atoms with van der Waals surface area (Å²) in [5, 5.41) is 0. The maximum atomic E-state index is 11.3. The number of aromatic amines is 1. The minimum atomic E-state index is -0.160. The molecular weight excluding hydrogens is 182 g/mol. The van der Waals surface area contributed by atoms with Gasteiger partial charge in [0, 0.05) is 13.1 Å². The van der Waals surface area contributed by atoms with E-state index in [2.05, 4.69) is 4.98 Å². The molecule has 0 radical (unpaired) electrons. The van der Waals surface area contributed by atoms with Crippen LogP contribution in [0.25, 0.3) is 11.0 Å². The lowest BCUT2D eigenvalue weighted by Crippen LogP contribution is -2.11. The van der Waals surface area contributed by atoms with Gasteiger partial charge in [-0.25, -0.2) is 4.79 Å². The number of methoxy groups -OCH3 is 1. The molecule has 2 rings (SSSR count). The number of fused-ring (bicyclic) bond motifs is 1. The summed E-state index contributed by atoms with van der Waals surface area (Å²) >= 11 is 0. The van der Waals surface area contributed by atoms with Crippen molar-refractivity contribution >= 4 is 16.7 Å². The highest BCUT2D eigenvalue weighted by atomic mass is 16.5. The summed E-state index contributed by atoms with van der Waals surface area (Å²) in [6, 6.07) is 3.43. The maximum absolute atomic E-state index is 11.3. The van der Waals surface area contributed by atoms with Crippen molar-refractivity contribution in [2.24, 2.45) is 7.05 Å². The molecule has 2 aromatic rings. The molecule has 0 aliphatic rings. The fourth-order valence-electron chi connectivity index (χ4n) is 1.45. The molecule has 0 amide bonds. The first-order valence-corrected chi connectivity index (χ1v) is 4.15. The summed E-state index contributed by atoms with van der Waals surface area (Å²) in [5.74, 6) is 0.569. The Morgan fingerprint density at radius 1 is 1.50 bits per heavy atom. The van der Waals surface area contributed by atoms with Crippen molar-refractivity contribution in [3.63, 3.8) is 0 Å². The zero-order valence-corrected chi connectivity index (χ0v) is 8.00. The second-order valence-corrected chi connectivity index (χ2v) is 3.10. The van der Waals surface area contributed by atoms with Crippen LogP contribution >= 0.6 is 0 Å². The van der Waals surface area contributed by atoms with Crippen molar-refractivity contribution in [2.45, 2.75) is 0 Å². The largest absolute Gasteiger partial charge is 0.495 e. The molecule has 14 heavy (non-hydrogen) atoms. The van der Waals surface area contributed by atoms with Gasteiger partial charge in [0.25, 0.3) is 0 Å². The van der Waals surface area contributed by atoms with Crippen molar-refractivity contribution in [3.05, 3.63) is 22.6 Å². The molecule has 0 unspecified atom stereocenters. The minimum Gasteiger partial charge on any atom is -0.495 e. The standard InChI is InChI=1S/C9H11N3O2/c1-12-7-3-5(10)8(14-2)4-6(7)11-9(12)13/h3-4H,10H2,1-2H3,(H,11,13). The number of aromatic nitrogens is 2. The molecule has 0 atom stereocenters. The van der Waals surface area contributed by atoms with E-state index in [1.807, 2.05) is 0 Å². The average Bonchev–Trinajstić information content (AvgIpc) is 2.43. The lowest BCUT2D eigenvalue weighted by Gasteiger charge is -2.03. The monoisotopic (exact) mass is 193 g/mol. The van der Waals surface area contributed by atoms with Crippen LogP contribution in [0.1, 0.15) is 0 Å². The molecule has 5 heteroatoms. The van der Waals surface area contributed by atoms with Gasteiger partial charge in [-0.05, 0) is 6.07 Å². The second-order valence-electron chi connectivity index (χ2n) is 3.10. The number of hydrogen-bond acceptors (Lipinski definition) is 3. The van der Waals surface area contributed by atoms with Gasteiger partial charge in [0.05, 0.1) is 23.8 Å². The molecule has 5 nitrogen and oxygen atoms in total. The Hall–Kier alpha value is -1.91. The van der Waals surface area contributed by atoms with Gasteiger partial charge in [0.1, 0.15) is 5.75 Å². The molecule has 0 aliphatic carbocycles. The van der Waals surface area contributed by atoms with Gasteiger partial charge in [-0.1, -0.05) is 0 Å². The third-order valence-corrected chi connectivity index (χ3v) is 2.26. The number of nitrogens with zero attached hydrogens (tertiary/aromatic N) is 1. The summed E-state index contributed by atoms with van der Waals surface area (Å²) in [4.78, 5) is 14.0. The van der Waals surface area contributed by atoms with Crippen molar-refractivity contribution in [1.29, 1.82) is 0 Å². The van der Waals surface area contributed by atoms with Crippen LogP contribution in [-0.4, -0.2) is 16.7 Å². The van der Waals surface area contributed by atoms with E-state index < -0.39 is 0 Å². The van der Waals surface area contributed by atoms with Crippen LogP contribution in [0.15, 0.2) is 16.9 Å². The first-order chi connectivity index (χ1) is 6.63. The third kappa shape index (κ3) is 1.06. The number of nitrogens with two attached hydrogens (primary N) is 1. The summed E-state index contributed by atoms with van der Waals surface area (Å²) < 4.78 is 6.55. The van der Waals surface area contributed by atoms with Gasteiger partial charge >= 0.3 is 5.69 Å². The SMILES string of the molecule is COc1cc2[nH]c(=O)n(C)c2cc1N. The van der Waals surface area contributed by atoms with Crippen LogP contribution in [-0.2, 0) is 7.05 Å². The van der Waals surface area contributed by atoms with E-state index in [1.165, 1.54) is 4.57 Å². The Balaban J connectivity index is 2.86. The van der Waals surface area contributed by atoms with E-state index >= 15 is 0 Å². The number of hydrogen-bond donors (Lipinski definition) is 2. The van der Waals surface area contributed by atoms with E-state index in [-0.39, 0.29) is 5.69 Å². The number of nitrogen functional groups attached to an aromatic ring is 1. The van der Waals surface area contributed by atoms with Crippen LogP contribution < -0.4 is 16.2 Å². The highest BCUT2D eigenvalue weighted by molar-refractivity contribution is 5.82. The lowest BCUT2D eigenvalue weighted by molar-refractivity contribution is 0.417. The molecule has 3 N–H and O–H groups in total. The van der Waals surface area contributed by atoms with E-state index in [0.717, 1.165) is 11.0 Å². The van der Waals surface area contributed by atoms with Gasteiger partial charge in [0.15, 0.2) is 0 Å². The first kappa shape index (κ1) is 8.68. The zero-order valence-electron chi connectivity index (χ0n) is 8.00. The predicted octanol–water partition coefficient (Wildman–Crippen LogP) is 0.457. The summed E-state index contributed by atoms with van der Waals surface area (Å²) in [5.41, 5.74) is 7.58. The van der Waals surface area contributed by atoms with E-state index in [0.29, 0.717) is 11.4 Å². The predicted molar refractivity (Wildman–Crippen MR) is 54.5 cm³/mol. The van der Waals surface area contributed by atoms with Crippen molar-refractivity contribution in [2.75, 3.05) is 12.8 Å². The average molecular weight is 193 g/mol. The summed E-state index contributed by atoms with van der Waals surface area (Å²) in [7, 11) is 3.23. The molecule has 0 bridgehead atoms. The number of ether oxygens (including phenoxy) is 1. The Morgan fingerprint density at radius 3 is 2.86 bits per heavy atom. The number of aryl methyl sites for hydroxylation is 1. The number of rotatable bonds is 1. The molecule has 0 saturated heterocycles. The van der Waals surface area contributed by atoms with Crippen LogP contribution in [0.2, 0.25) is 0 Å². The van der Waals surface area contributed by atoms with Gasteiger partial charge in [0.2, 0.25) is 0 Å². The van der Waals surface area contributed by atoms with E-state index in [9.17, 15) is 4.79 Å². The fraction of sp³-hybridized carbons (Fsp3) is 0.222. The molecule has 1 aromatic heterocycles. The van der Waals surface area contributed by atoms with Gasteiger partial charge in [-0.3, -0.25) is 4.57 Å². The molecule has 0 aliphatic heterocycles. The molecule has 1 heterocycles. The maximum Gasteiger partial charge on any atom is 0.326 e. The smallest absolute Gasteiger partial charge is 0.326 e. The number of H-pyrrole nitrogens is 1. The second kappa shape index (κ2) is 2.80. The van der Waals surface area contributed by atoms with Crippen molar-refractivity contribution in [3.8, 4) is 5.75 Å². The Kier molecular flexibility index (Phi) is 1.73. The third-order valence-electron chi connectivity index (χ3n) is 2.26. The van der Waals surface area contributed by atoms with Crippen molar-refractivity contribution < 1.29 is 4.74 Å². The minimum absolute atomic E-state index is 0.160. The van der Waals surface area contributed by atoms with Crippen LogP contribution in [0.4, 0.5) is 5.69 Å². The number of nitrogens with one attached hydrogen (secondary N) is 1. The first-order valence-electron chi connectivity index (χ1n) is 4.15. The van der Waals surface area contributed by atoms with Crippen molar-refractivity contribution in [1.82, 2.24) is 9.55 Å². The molecule has 0 spiro atoms. The van der Waals surface area contributed by atoms with Crippen LogP contribution in [0.5, 0.6) is 5.75 Å². The number of imidazole rings is 1. The molecular formula is C9H11N3O2. The normalized spacial score (nSPS) is 10.7. The lowest BCUT2D eigenvalue weighted by atomic mass is 10.2.